The molecule has 0 aromatic rings. The zero-order chi connectivity index (χ0) is 12.7. The maximum atomic E-state index is 8.42. The summed E-state index contributed by atoms with van der Waals surface area (Å²) in [5.74, 6) is 0. The largest absolute Gasteiger partial charge is 0.364 e. The van der Waals surface area contributed by atoms with Crippen molar-refractivity contribution < 1.29 is 4.74 Å². The fraction of sp³-hybridized carbons (Fsp3) is 0.917. The Labute approximate surface area is 98.7 Å². The van der Waals surface area contributed by atoms with Crippen LogP contribution >= 0.6 is 0 Å². The molecule has 0 aliphatic carbocycles. The monoisotopic (exact) mass is 225 g/mol. The first-order valence-electron chi connectivity index (χ1n) is 5.72. The maximum Gasteiger partial charge on any atom is 0.133 e. The van der Waals surface area contributed by atoms with E-state index in [1.165, 1.54) is 0 Å². The van der Waals surface area contributed by atoms with Crippen molar-refractivity contribution in [2.75, 3.05) is 13.2 Å². The number of nitrogens with zero attached hydrogens (tertiary/aromatic N) is 3. The summed E-state index contributed by atoms with van der Waals surface area (Å²) in [5, 5.41) is 17.1. The standard InChI is InChI=1S/C12H23N3O/c1-6-7-12(5,10-16-9-8-13)15-14-11(2,3)4/h6-7,9-10H2,1-5H3. The molecule has 0 radical (unpaired) electrons. The third-order valence-corrected chi connectivity index (χ3v) is 1.96. The normalized spacial score (nSPS) is 16.0. The van der Waals surface area contributed by atoms with Crippen LogP contribution in [0.25, 0.3) is 0 Å². The summed E-state index contributed by atoms with van der Waals surface area (Å²) in [5.41, 5.74) is -0.469. The molecule has 0 aromatic heterocycles. The third-order valence-electron chi connectivity index (χ3n) is 1.96. The van der Waals surface area contributed by atoms with Crippen molar-refractivity contribution >= 4 is 0 Å². The van der Waals surface area contributed by atoms with Crippen LogP contribution in [-0.4, -0.2) is 24.3 Å². The number of rotatable bonds is 6. The van der Waals surface area contributed by atoms with Gasteiger partial charge in [0.05, 0.1) is 18.2 Å². The molecule has 0 amide bonds. The highest BCUT2D eigenvalue weighted by Gasteiger charge is 2.24. The molecule has 1 atom stereocenters. The highest BCUT2D eigenvalue weighted by Crippen LogP contribution is 2.21. The summed E-state index contributed by atoms with van der Waals surface area (Å²) < 4.78 is 5.25. The summed E-state index contributed by atoms with van der Waals surface area (Å²) >= 11 is 0. The van der Waals surface area contributed by atoms with E-state index in [4.69, 9.17) is 10.00 Å². The molecular formula is C12H23N3O. The van der Waals surface area contributed by atoms with Gasteiger partial charge in [0.2, 0.25) is 0 Å². The molecule has 0 bridgehead atoms. The van der Waals surface area contributed by atoms with E-state index in [1.54, 1.807) is 0 Å². The number of hydrogen-bond acceptors (Lipinski definition) is 4. The van der Waals surface area contributed by atoms with Crippen molar-refractivity contribution in [1.29, 1.82) is 5.26 Å². The van der Waals surface area contributed by atoms with Gasteiger partial charge in [-0.25, -0.2) is 0 Å². The molecule has 0 aliphatic heterocycles. The molecule has 0 fully saturated rings. The SMILES string of the molecule is CCCC(C)(COCC#N)N=NC(C)(C)C. The van der Waals surface area contributed by atoms with Gasteiger partial charge in [0.25, 0.3) is 0 Å². The summed E-state index contributed by atoms with van der Waals surface area (Å²) in [6.45, 7) is 10.7. The van der Waals surface area contributed by atoms with E-state index >= 15 is 0 Å². The van der Waals surface area contributed by atoms with Crippen LogP contribution < -0.4 is 0 Å². The van der Waals surface area contributed by atoms with Crippen LogP contribution in [0.1, 0.15) is 47.5 Å². The fourth-order valence-electron chi connectivity index (χ4n) is 1.28. The molecule has 4 heteroatoms. The molecule has 16 heavy (non-hydrogen) atoms. The van der Waals surface area contributed by atoms with Crippen molar-refractivity contribution in [3.8, 4) is 6.07 Å². The number of hydrogen-bond donors (Lipinski definition) is 0. The second-order valence-electron chi connectivity index (χ2n) is 5.27. The summed E-state index contributed by atoms with van der Waals surface area (Å²) in [4.78, 5) is 0. The quantitative estimate of drug-likeness (QED) is 0.514. The molecule has 0 saturated carbocycles. The second-order valence-corrected chi connectivity index (χ2v) is 5.27. The lowest BCUT2D eigenvalue weighted by Gasteiger charge is -2.24. The van der Waals surface area contributed by atoms with E-state index in [0.717, 1.165) is 12.8 Å². The first-order chi connectivity index (χ1) is 7.33. The minimum Gasteiger partial charge on any atom is -0.364 e. The van der Waals surface area contributed by atoms with Crippen LogP contribution in [0.15, 0.2) is 10.2 Å². The number of azo groups is 1. The van der Waals surface area contributed by atoms with Crippen LogP contribution in [0.2, 0.25) is 0 Å². The van der Waals surface area contributed by atoms with Crippen LogP contribution in [0.3, 0.4) is 0 Å². The lowest BCUT2D eigenvalue weighted by atomic mass is 9.99. The van der Waals surface area contributed by atoms with E-state index < -0.39 is 0 Å². The van der Waals surface area contributed by atoms with E-state index in [9.17, 15) is 0 Å². The maximum absolute atomic E-state index is 8.42. The third kappa shape index (κ3) is 7.36. The Morgan fingerprint density at radius 1 is 1.19 bits per heavy atom. The summed E-state index contributed by atoms with van der Waals surface area (Å²) in [6, 6.07) is 1.96. The number of ether oxygens (including phenoxy) is 1. The van der Waals surface area contributed by atoms with Crippen molar-refractivity contribution in [3.05, 3.63) is 0 Å². The zero-order valence-electron chi connectivity index (χ0n) is 11.1. The molecule has 0 rings (SSSR count). The van der Waals surface area contributed by atoms with Crippen LogP contribution in [0.4, 0.5) is 0 Å². The average Bonchev–Trinajstić information content (AvgIpc) is 2.15. The summed E-state index contributed by atoms with van der Waals surface area (Å²) in [7, 11) is 0. The second kappa shape index (κ2) is 6.59. The Bertz CT molecular complexity index is 262. The topological polar surface area (TPSA) is 57.7 Å². The van der Waals surface area contributed by atoms with E-state index in [2.05, 4.69) is 17.2 Å². The summed E-state index contributed by atoms with van der Waals surface area (Å²) in [6.07, 6.45) is 1.94. The Morgan fingerprint density at radius 2 is 1.81 bits per heavy atom. The average molecular weight is 225 g/mol. The van der Waals surface area contributed by atoms with Gasteiger partial charge in [-0.2, -0.15) is 15.5 Å². The van der Waals surface area contributed by atoms with Crippen LogP contribution in [-0.2, 0) is 4.74 Å². The fourth-order valence-corrected chi connectivity index (χ4v) is 1.28. The smallest absolute Gasteiger partial charge is 0.133 e. The van der Waals surface area contributed by atoms with Crippen molar-refractivity contribution in [2.24, 2.45) is 10.2 Å². The number of nitriles is 1. The molecule has 0 aliphatic rings. The molecule has 0 spiro atoms. The molecular weight excluding hydrogens is 202 g/mol. The highest BCUT2D eigenvalue weighted by atomic mass is 16.5. The minimum atomic E-state index is -0.307. The van der Waals surface area contributed by atoms with Crippen molar-refractivity contribution in [2.45, 2.75) is 58.5 Å². The lowest BCUT2D eigenvalue weighted by Crippen LogP contribution is -2.29. The predicted molar refractivity (Wildman–Crippen MR) is 64.4 cm³/mol. The van der Waals surface area contributed by atoms with Gasteiger partial charge in [0, 0.05) is 0 Å². The highest BCUT2D eigenvalue weighted by molar-refractivity contribution is 4.83. The van der Waals surface area contributed by atoms with Gasteiger partial charge in [-0.3, -0.25) is 0 Å². The molecule has 1 unspecified atom stereocenters. The van der Waals surface area contributed by atoms with Gasteiger partial charge in [0.15, 0.2) is 0 Å². The molecule has 0 heterocycles. The van der Waals surface area contributed by atoms with Gasteiger partial charge < -0.3 is 4.74 Å². The molecule has 92 valence electrons. The van der Waals surface area contributed by atoms with E-state index in [-0.39, 0.29) is 17.7 Å². The first kappa shape index (κ1) is 15.0. The minimum absolute atomic E-state index is 0.115. The van der Waals surface area contributed by atoms with E-state index in [1.807, 2.05) is 33.8 Å². The predicted octanol–water partition coefficient (Wildman–Crippen LogP) is 3.34. The van der Waals surface area contributed by atoms with Gasteiger partial charge >= 0.3 is 0 Å². The Morgan fingerprint density at radius 3 is 2.25 bits per heavy atom. The van der Waals surface area contributed by atoms with Gasteiger partial charge in [-0.05, 0) is 34.1 Å². The molecule has 4 nitrogen and oxygen atoms in total. The Kier molecular flexibility index (Phi) is 6.20. The zero-order valence-corrected chi connectivity index (χ0v) is 11.1. The Balaban J connectivity index is 4.44. The van der Waals surface area contributed by atoms with Crippen molar-refractivity contribution in [3.63, 3.8) is 0 Å². The van der Waals surface area contributed by atoms with Gasteiger partial charge in [-0.1, -0.05) is 13.3 Å². The van der Waals surface area contributed by atoms with Gasteiger partial charge in [-0.15, -0.1) is 0 Å². The Hall–Kier alpha value is -0.950. The first-order valence-corrected chi connectivity index (χ1v) is 5.72. The van der Waals surface area contributed by atoms with Crippen molar-refractivity contribution in [1.82, 2.24) is 0 Å². The van der Waals surface area contributed by atoms with Crippen LogP contribution in [0.5, 0.6) is 0 Å². The molecule has 0 saturated heterocycles. The van der Waals surface area contributed by atoms with Gasteiger partial charge in [0.1, 0.15) is 12.1 Å². The van der Waals surface area contributed by atoms with E-state index in [0.29, 0.717) is 6.61 Å². The molecule has 0 aromatic carbocycles. The van der Waals surface area contributed by atoms with Crippen LogP contribution in [0, 0.1) is 11.3 Å². The lowest BCUT2D eigenvalue weighted by molar-refractivity contribution is 0.107. The molecule has 0 N–H and O–H groups in total.